The van der Waals surface area contributed by atoms with E-state index in [0.29, 0.717) is 19.5 Å². The van der Waals surface area contributed by atoms with E-state index < -0.39 is 11.5 Å². The molecule has 0 aromatic heterocycles. The lowest BCUT2D eigenvalue weighted by molar-refractivity contribution is -0.164. The number of fused-ring (bicyclic) bond motifs is 1. The highest BCUT2D eigenvalue weighted by Crippen LogP contribution is 2.33. The van der Waals surface area contributed by atoms with Gasteiger partial charge in [0.15, 0.2) is 0 Å². The van der Waals surface area contributed by atoms with Crippen molar-refractivity contribution in [3.05, 3.63) is 29.8 Å². The molecule has 6 nitrogen and oxygen atoms in total. The fourth-order valence-electron chi connectivity index (χ4n) is 3.37. The molecule has 0 bridgehead atoms. The summed E-state index contributed by atoms with van der Waals surface area (Å²) in [4.78, 5) is 29.9. The second-order valence-corrected chi connectivity index (χ2v) is 6.16. The quantitative estimate of drug-likeness (QED) is 0.658. The van der Waals surface area contributed by atoms with Gasteiger partial charge in [-0.2, -0.15) is 0 Å². The van der Waals surface area contributed by atoms with Crippen LogP contribution in [0.4, 0.5) is 5.69 Å². The first kappa shape index (κ1) is 16.0. The van der Waals surface area contributed by atoms with Gasteiger partial charge in [-0.05, 0) is 25.6 Å². The monoisotopic (exact) mass is 317 g/mol. The Bertz CT molecular complexity index is 611. The van der Waals surface area contributed by atoms with Crippen molar-refractivity contribution in [3.8, 4) is 0 Å². The van der Waals surface area contributed by atoms with Crippen molar-refractivity contribution in [2.24, 2.45) is 0 Å². The van der Waals surface area contributed by atoms with Gasteiger partial charge in [-0.15, -0.1) is 0 Å². The lowest BCUT2D eigenvalue weighted by Crippen LogP contribution is -2.68. The molecule has 1 N–H and O–H groups in total. The minimum absolute atomic E-state index is 0.267. The molecule has 23 heavy (non-hydrogen) atoms. The predicted octanol–water partition coefficient (Wildman–Crippen LogP) is 0.730. The highest BCUT2D eigenvalue weighted by atomic mass is 16.5. The molecule has 2 heterocycles. The predicted molar refractivity (Wildman–Crippen MR) is 87.2 cm³/mol. The van der Waals surface area contributed by atoms with Gasteiger partial charge in [0.2, 0.25) is 5.54 Å². The number of nitrogens with one attached hydrogen (secondary N) is 1. The molecule has 0 aliphatic carbocycles. The average Bonchev–Trinajstić information content (AvgIpc) is 2.55. The molecule has 0 radical (unpaired) electrons. The molecule has 1 unspecified atom stereocenters. The van der Waals surface area contributed by atoms with Crippen LogP contribution in [-0.4, -0.2) is 67.0 Å². The largest absolute Gasteiger partial charge is 0.464 e. The molecule has 124 valence electrons. The van der Waals surface area contributed by atoms with E-state index in [2.05, 4.69) is 10.2 Å². The average molecular weight is 317 g/mol. The number of amides is 1. The third-order valence-corrected chi connectivity index (χ3v) is 4.74. The normalized spacial score (nSPS) is 25.6. The number of rotatable bonds is 3. The number of para-hydroxylation sites is 1. The first-order chi connectivity index (χ1) is 11.1. The molecular formula is C17H23N3O3. The van der Waals surface area contributed by atoms with Gasteiger partial charge in [-0.3, -0.25) is 9.69 Å². The van der Waals surface area contributed by atoms with Crippen LogP contribution in [0.2, 0.25) is 0 Å². The Morgan fingerprint density at radius 3 is 2.65 bits per heavy atom. The summed E-state index contributed by atoms with van der Waals surface area (Å²) in [5, 5.41) is 2.90. The van der Waals surface area contributed by atoms with Gasteiger partial charge in [-0.25, -0.2) is 4.79 Å². The molecule has 1 amide bonds. The summed E-state index contributed by atoms with van der Waals surface area (Å²) in [6, 6.07) is 7.63. The third-order valence-electron chi connectivity index (χ3n) is 4.74. The highest BCUT2D eigenvalue weighted by Gasteiger charge is 2.54. The van der Waals surface area contributed by atoms with E-state index in [-0.39, 0.29) is 12.5 Å². The van der Waals surface area contributed by atoms with E-state index in [1.165, 1.54) is 0 Å². The Hall–Kier alpha value is -1.92. The Morgan fingerprint density at radius 1 is 1.26 bits per heavy atom. The Kier molecular flexibility index (Phi) is 4.37. The maximum absolute atomic E-state index is 12.9. The number of likely N-dealkylation sites (N-methyl/N-ethyl adjacent to an activating group) is 1. The lowest BCUT2D eigenvalue weighted by Gasteiger charge is -2.46. The van der Waals surface area contributed by atoms with Crippen LogP contribution in [0, 0.1) is 0 Å². The minimum Gasteiger partial charge on any atom is -0.464 e. The van der Waals surface area contributed by atoms with Crippen molar-refractivity contribution in [3.63, 3.8) is 0 Å². The number of hydrogen-bond donors (Lipinski definition) is 1. The Labute approximate surface area is 136 Å². The van der Waals surface area contributed by atoms with Crippen molar-refractivity contribution in [1.29, 1.82) is 0 Å². The number of piperazine rings is 1. The summed E-state index contributed by atoms with van der Waals surface area (Å²) < 4.78 is 5.30. The number of esters is 1. The minimum atomic E-state index is -1.26. The smallest absolute Gasteiger partial charge is 0.336 e. The lowest BCUT2D eigenvalue weighted by atomic mass is 9.83. The van der Waals surface area contributed by atoms with Gasteiger partial charge in [0, 0.05) is 38.3 Å². The van der Waals surface area contributed by atoms with Crippen LogP contribution in [0.1, 0.15) is 12.5 Å². The standard InChI is InChI=1S/C17H23N3O3/c1-3-23-16(22)17(20-10-8-19(2)9-11-20)12-13-6-4-5-7-14(13)18-15(17)21/h4-7H,3,8-12H2,1-2H3,(H,18,21). The molecule has 1 atom stereocenters. The molecule has 1 aromatic rings. The summed E-state index contributed by atoms with van der Waals surface area (Å²) in [5.41, 5.74) is 0.497. The van der Waals surface area contributed by atoms with Gasteiger partial charge in [-0.1, -0.05) is 18.2 Å². The van der Waals surface area contributed by atoms with E-state index >= 15 is 0 Å². The number of anilines is 1. The van der Waals surface area contributed by atoms with Gasteiger partial charge in [0.1, 0.15) is 0 Å². The van der Waals surface area contributed by atoms with Crippen molar-refractivity contribution in [1.82, 2.24) is 9.80 Å². The van der Waals surface area contributed by atoms with E-state index in [1.807, 2.05) is 36.2 Å². The van der Waals surface area contributed by atoms with Crippen LogP contribution in [0.25, 0.3) is 0 Å². The second-order valence-electron chi connectivity index (χ2n) is 6.16. The second kappa shape index (κ2) is 6.29. The molecule has 1 saturated heterocycles. The number of benzene rings is 1. The number of ether oxygens (including phenoxy) is 1. The molecule has 1 aromatic carbocycles. The third kappa shape index (κ3) is 2.72. The molecule has 2 aliphatic rings. The number of carbonyl (C=O) groups is 2. The SMILES string of the molecule is CCOC(=O)C1(N2CCN(C)CC2)Cc2ccccc2NC1=O. The van der Waals surface area contributed by atoms with Crippen LogP contribution >= 0.6 is 0 Å². The van der Waals surface area contributed by atoms with Crippen LogP contribution in [0.3, 0.4) is 0 Å². The fourth-order valence-corrected chi connectivity index (χ4v) is 3.37. The fraction of sp³-hybridized carbons (Fsp3) is 0.529. The number of nitrogens with zero attached hydrogens (tertiary/aromatic N) is 2. The molecular weight excluding hydrogens is 294 g/mol. The summed E-state index contributed by atoms with van der Waals surface area (Å²) in [6.45, 7) is 5.04. The topological polar surface area (TPSA) is 61.9 Å². The molecule has 6 heteroatoms. The van der Waals surface area contributed by atoms with Crippen LogP contribution in [0.5, 0.6) is 0 Å². The van der Waals surface area contributed by atoms with E-state index in [9.17, 15) is 9.59 Å². The highest BCUT2D eigenvalue weighted by molar-refractivity contribution is 6.15. The summed E-state index contributed by atoms with van der Waals surface area (Å²) in [5.74, 6) is -0.726. The van der Waals surface area contributed by atoms with E-state index in [1.54, 1.807) is 6.92 Å². The van der Waals surface area contributed by atoms with Crippen molar-refractivity contribution in [2.75, 3.05) is 45.2 Å². The van der Waals surface area contributed by atoms with Crippen LogP contribution in [-0.2, 0) is 20.7 Å². The molecule has 0 spiro atoms. The Balaban J connectivity index is 1.99. The first-order valence-electron chi connectivity index (χ1n) is 8.08. The zero-order valence-electron chi connectivity index (χ0n) is 13.7. The first-order valence-corrected chi connectivity index (χ1v) is 8.08. The van der Waals surface area contributed by atoms with Crippen molar-refractivity contribution in [2.45, 2.75) is 18.9 Å². The maximum Gasteiger partial charge on any atom is 0.336 e. The van der Waals surface area contributed by atoms with Gasteiger partial charge in [0.25, 0.3) is 5.91 Å². The summed E-state index contributed by atoms with van der Waals surface area (Å²) >= 11 is 0. The van der Waals surface area contributed by atoms with E-state index in [0.717, 1.165) is 24.3 Å². The van der Waals surface area contributed by atoms with E-state index in [4.69, 9.17) is 4.74 Å². The Morgan fingerprint density at radius 2 is 1.96 bits per heavy atom. The zero-order valence-corrected chi connectivity index (χ0v) is 13.7. The van der Waals surface area contributed by atoms with Gasteiger partial charge < -0.3 is 15.0 Å². The summed E-state index contributed by atoms with van der Waals surface area (Å²) in [6.07, 6.45) is 0.359. The molecule has 3 rings (SSSR count). The molecule has 0 saturated carbocycles. The summed E-state index contributed by atoms with van der Waals surface area (Å²) in [7, 11) is 2.05. The van der Waals surface area contributed by atoms with Crippen molar-refractivity contribution < 1.29 is 14.3 Å². The molecule has 1 fully saturated rings. The maximum atomic E-state index is 12.9. The zero-order chi connectivity index (χ0) is 16.4. The molecule has 2 aliphatic heterocycles. The number of carbonyl (C=O) groups excluding carboxylic acids is 2. The number of hydrogen-bond acceptors (Lipinski definition) is 5. The van der Waals surface area contributed by atoms with Gasteiger partial charge in [0.05, 0.1) is 6.61 Å². The van der Waals surface area contributed by atoms with Gasteiger partial charge >= 0.3 is 5.97 Å². The van der Waals surface area contributed by atoms with Crippen LogP contribution in [0.15, 0.2) is 24.3 Å². The van der Waals surface area contributed by atoms with Crippen LogP contribution < -0.4 is 5.32 Å². The van der Waals surface area contributed by atoms with Crippen molar-refractivity contribution >= 4 is 17.6 Å².